The molecule has 0 bridgehead atoms. The zero-order valence-electron chi connectivity index (χ0n) is 13.6. The lowest BCUT2D eigenvalue weighted by Gasteiger charge is -2.38. The first-order valence-electron chi connectivity index (χ1n) is 8.03. The normalized spacial score (nSPS) is 22.7. The van der Waals surface area contributed by atoms with Crippen molar-refractivity contribution in [3.05, 3.63) is 29.3 Å². The van der Waals surface area contributed by atoms with E-state index in [2.05, 4.69) is 24.1 Å². The van der Waals surface area contributed by atoms with Gasteiger partial charge < -0.3 is 19.7 Å². The van der Waals surface area contributed by atoms with E-state index in [1.807, 2.05) is 28.5 Å². The molecule has 2 aliphatic heterocycles. The van der Waals surface area contributed by atoms with Crippen LogP contribution in [-0.2, 0) is 0 Å². The van der Waals surface area contributed by atoms with Gasteiger partial charge in [0.05, 0.1) is 0 Å². The SMILES string of the molecule is CC1NCCN(C(=O)c2csc(-c3ccc4c(c3)OCO4)n2)C1C. The van der Waals surface area contributed by atoms with Crippen molar-refractivity contribution in [1.29, 1.82) is 0 Å². The van der Waals surface area contributed by atoms with E-state index in [0.717, 1.165) is 28.6 Å². The second kappa shape index (κ2) is 6.07. The molecular formula is C17H19N3O3S. The lowest BCUT2D eigenvalue weighted by molar-refractivity contribution is 0.0598. The van der Waals surface area contributed by atoms with Gasteiger partial charge in [-0.1, -0.05) is 0 Å². The average Bonchev–Trinajstić information content (AvgIpc) is 3.25. The van der Waals surface area contributed by atoms with E-state index in [-0.39, 0.29) is 24.8 Å². The van der Waals surface area contributed by atoms with Crippen LogP contribution in [0.5, 0.6) is 11.5 Å². The van der Waals surface area contributed by atoms with Gasteiger partial charge in [0.15, 0.2) is 11.5 Å². The third-order valence-corrected chi connectivity index (χ3v) is 5.53. The Morgan fingerprint density at radius 3 is 3.04 bits per heavy atom. The summed E-state index contributed by atoms with van der Waals surface area (Å²) in [5.41, 5.74) is 1.44. The molecule has 2 aromatic rings. The fourth-order valence-electron chi connectivity index (χ4n) is 3.02. The molecule has 2 unspecified atom stereocenters. The molecule has 0 radical (unpaired) electrons. The number of fused-ring (bicyclic) bond motifs is 1. The molecule has 2 aliphatic rings. The highest BCUT2D eigenvalue weighted by atomic mass is 32.1. The summed E-state index contributed by atoms with van der Waals surface area (Å²) >= 11 is 1.47. The van der Waals surface area contributed by atoms with Crippen molar-refractivity contribution in [2.24, 2.45) is 0 Å². The number of amides is 1. The van der Waals surface area contributed by atoms with Gasteiger partial charge in [-0.3, -0.25) is 4.79 Å². The third-order valence-electron chi connectivity index (χ3n) is 4.64. The lowest BCUT2D eigenvalue weighted by atomic mass is 10.1. The van der Waals surface area contributed by atoms with Crippen molar-refractivity contribution in [3.63, 3.8) is 0 Å². The summed E-state index contributed by atoms with van der Waals surface area (Å²) in [5, 5.41) is 6.03. The minimum Gasteiger partial charge on any atom is -0.454 e. The molecule has 0 aliphatic carbocycles. The maximum Gasteiger partial charge on any atom is 0.273 e. The number of ether oxygens (including phenoxy) is 2. The maximum absolute atomic E-state index is 12.8. The van der Waals surface area contributed by atoms with E-state index in [0.29, 0.717) is 12.2 Å². The molecule has 1 fully saturated rings. The molecular weight excluding hydrogens is 326 g/mol. The Morgan fingerprint density at radius 2 is 2.17 bits per heavy atom. The Bertz CT molecular complexity index is 776. The highest BCUT2D eigenvalue weighted by molar-refractivity contribution is 7.13. The fraction of sp³-hybridized carbons (Fsp3) is 0.412. The Kier molecular flexibility index (Phi) is 3.90. The van der Waals surface area contributed by atoms with Gasteiger partial charge in [-0.25, -0.2) is 4.98 Å². The number of nitrogens with one attached hydrogen (secondary N) is 1. The molecule has 1 saturated heterocycles. The van der Waals surface area contributed by atoms with E-state index in [9.17, 15) is 4.79 Å². The Morgan fingerprint density at radius 1 is 1.33 bits per heavy atom. The quantitative estimate of drug-likeness (QED) is 0.905. The van der Waals surface area contributed by atoms with Crippen molar-refractivity contribution in [1.82, 2.24) is 15.2 Å². The number of nitrogens with zero attached hydrogens (tertiary/aromatic N) is 2. The van der Waals surface area contributed by atoms with Crippen LogP contribution >= 0.6 is 11.3 Å². The van der Waals surface area contributed by atoms with Crippen molar-refractivity contribution in [3.8, 4) is 22.1 Å². The Balaban J connectivity index is 1.57. The predicted molar refractivity (Wildman–Crippen MR) is 91.6 cm³/mol. The van der Waals surface area contributed by atoms with Crippen LogP contribution in [0.25, 0.3) is 10.6 Å². The van der Waals surface area contributed by atoms with Crippen molar-refractivity contribution >= 4 is 17.2 Å². The largest absolute Gasteiger partial charge is 0.454 e. The summed E-state index contributed by atoms with van der Waals surface area (Å²) in [5.74, 6) is 1.47. The summed E-state index contributed by atoms with van der Waals surface area (Å²) in [4.78, 5) is 19.2. The van der Waals surface area contributed by atoms with Gasteiger partial charge in [0.25, 0.3) is 5.91 Å². The van der Waals surface area contributed by atoms with Gasteiger partial charge in [0.2, 0.25) is 6.79 Å². The van der Waals surface area contributed by atoms with Gasteiger partial charge in [-0.15, -0.1) is 11.3 Å². The number of thiazole rings is 1. The molecule has 4 rings (SSSR count). The molecule has 1 amide bonds. The second-order valence-electron chi connectivity index (χ2n) is 6.09. The number of hydrogen-bond donors (Lipinski definition) is 1. The number of carbonyl (C=O) groups excluding carboxylic acids is 1. The van der Waals surface area contributed by atoms with E-state index in [4.69, 9.17) is 9.47 Å². The molecule has 1 N–H and O–H groups in total. The molecule has 24 heavy (non-hydrogen) atoms. The van der Waals surface area contributed by atoms with Gasteiger partial charge in [-0.05, 0) is 32.0 Å². The van der Waals surface area contributed by atoms with Crippen LogP contribution in [0.3, 0.4) is 0 Å². The first-order chi connectivity index (χ1) is 11.6. The van der Waals surface area contributed by atoms with Crippen LogP contribution < -0.4 is 14.8 Å². The number of hydrogen-bond acceptors (Lipinski definition) is 6. The number of benzene rings is 1. The lowest BCUT2D eigenvalue weighted by Crippen LogP contribution is -2.57. The van der Waals surface area contributed by atoms with Gasteiger partial charge in [0.1, 0.15) is 10.7 Å². The summed E-state index contributed by atoms with van der Waals surface area (Å²) in [7, 11) is 0. The monoisotopic (exact) mass is 345 g/mol. The molecule has 6 nitrogen and oxygen atoms in total. The summed E-state index contributed by atoms with van der Waals surface area (Å²) in [6.45, 7) is 5.94. The fourth-order valence-corrected chi connectivity index (χ4v) is 3.82. The summed E-state index contributed by atoms with van der Waals surface area (Å²) in [6, 6.07) is 6.17. The molecule has 1 aromatic carbocycles. The molecule has 7 heteroatoms. The topological polar surface area (TPSA) is 63.7 Å². The number of piperazine rings is 1. The molecule has 2 atom stereocenters. The first kappa shape index (κ1) is 15.4. The van der Waals surface area contributed by atoms with Crippen LogP contribution in [0.1, 0.15) is 24.3 Å². The molecule has 3 heterocycles. The maximum atomic E-state index is 12.8. The van der Waals surface area contributed by atoms with E-state index in [1.54, 1.807) is 0 Å². The zero-order chi connectivity index (χ0) is 16.7. The van der Waals surface area contributed by atoms with Crippen molar-refractivity contribution in [2.45, 2.75) is 25.9 Å². The second-order valence-corrected chi connectivity index (χ2v) is 6.95. The minimum absolute atomic E-state index is 0.000840. The van der Waals surface area contributed by atoms with Crippen molar-refractivity contribution in [2.75, 3.05) is 19.9 Å². The highest BCUT2D eigenvalue weighted by Gasteiger charge is 2.30. The van der Waals surface area contributed by atoms with Gasteiger partial charge in [-0.2, -0.15) is 0 Å². The number of carbonyl (C=O) groups is 1. The minimum atomic E-state index is -0.000840. The van der Waals surface area contributed by atoms with Crippen LogP contribution in [-0.4, -0.2) is 47.8 Å². The standard InChI is InChI=1S/C17H19N3O3S/c1-10-11(2)20(6-5-18-10)17(21)13-8-24-16(19-13)12-3-4-14-15(7-12)23-9-22-14/h3-4,7-8,10-11,18H,5-6,9H2,1-2H3. The molecule has 0 spiro atoms. The van der Waals surface area contributed by atoms with Crippen LogP contribution in [0.15, 0.2) is 23.6 Å². The molecule has 0 saturated carbocycles. The highest BCUT2D eigenvalue weighted by Crippen LogP contribution is 2.36. The average molecular weight is 345 g/mol. The van der Waals surface area contributed by atoms with E-state index < -0.39 is 0 Å². The van der Waals surface area contributed by atoms with Crippen molar-refractivity contribution < 1.29 is 14.3 Å². The molecule has 126 valence electrons. The van der Waals surface area contributed by atoms with E-state index in [1.165, 1.54) is 11.3 Å². The van der Waals surface area contributed by atoms with Gasteiger partial charge in [0, 0.05) is 36.1 Å². The summed E-state index contributed by atoms with van der Waals surface area (Å²) in [6.07, 6.45) is 0. The third kappa shape index (κ3) is 2.63. The predicted octanol–water partition coefficient (Wildman–Crippen LogP) is 2.36. The van der Waals surface area contributed by atoms with Crippen LogP contribution in [0.4, 0.5) is 0 Å². The van der Waals surface area contributed by atoms with Crippen LogP contribution in [0, 0.1) is 0 Å². The van der Waals surface area contributed by atoms with Gasteiger partial charge >= 0.3 is 0 Å². The van der Waals surface area contributed by atoms with Crippen LogP contribution in [0.2, 0.25) is 0 Å². The first-order valence-corrected chi connectivity index (χ1v) is 8.91. The smallest absolute Gasteiger partial charge is 0.273 e. The van der Waals surface area contributed by atoms with E-state index >= 15 is 0 Å². The zero-order valence-corrected chi connectivity index (χ0v) is 14.4. The Hall–Kier alpha value is -2.12. The summed E-state index contributed by atoms with van der Waals surface area (Å²) < 4.78 is 10.7. The Labute approximate surface area is 144 Å². The number of rotatable bonds is 2. The molecule has 1 aromatic heterocycles. The number of aromatic nitrogens is 1.